The molecule has 0 saturated heterocycles. The molecule has 4 heteroatoms. The number of allylic oxidation sites excluding steroid dienone is 1. The Morgan fingerprint density at radius 1 is 0.846 bits per heavy atom. The Bertz CT molecular complexity index is 1100. The van der Waals surface area contributed by atoms with Crippen LogP contribution in [0.1, 0.15) is 11.4 Å². The number of aliphatic hydroxyl groups is 1. The normalized spacial score (nSPS) is 11.8. The van der Waals surface area contributed by atoms with Gasteiger partial charge in [-0.05, 0) is 23.3 Å². The van der Waals surface area contributed by atoms with Crippen LogP contribution in [-0.4, -0.2) is 15.1 Å². The summed E-state index contributed by atoms with van der Waals surface area (Å²) in [5.74, 6) is 0.268. The summed E-state index contributed by atoms with van der Waals surface area (Å²) >= 11 is 0. The number of aliphatic hydroxyl groups excluding tert-OH is 1. The van der Waals surface area contributed by atoms with Gasteiger partial charge >= 0.3 is 0 Å². The maximum atomic E-state index is 10.6. The number of benzene rings is 3. The van der Waals surface area contributed by atoms with Crippen LogP contribution in [0.15, 0.2) is 78.9 Å². The molecular weight excluding hydrogens is 322 g/mol. The number of nitrogens with one attached hydrogen (secondary N) is 1. The molecule has 0 aliphatic heterocycles. The number of aromatic nitrogens is 2. The SMILES string of the molecule is N#CC(=C(O)c1ccc(-c2ccccc2)cc1)c1nc2ccccc2[nH]1. The van der Waals surface area contributed by atoms with E-state index in [0.717, 1.165) is 22.2 Å². The Morgan fingerprint density at radius 3 is 2.19 bits per heavy atom. The lowest BCUT2D eigenvalue weighted by atomic mass is 10.0. The highest BCUT2D eigenvalue weighted by molar-refractivity contribution is 5.94. The molecule has 4 rings (SSSR count). The van der Waals surface area contributed by atoms with Crippen LogP contribution < -0.4 is 0 Å². The molecule has 124 valence electrons. The van der Waals surface area contributed by atoms with E-state index >= 15 is 0 Å². The van der Waals surface area contributed by atoms with Gasteiger partial charge in [-0.1, -0.05) is 66.7 Å². The van der Waals surface area contributed by atoms with Crippen LogP contribution >= 0.6 is 0 Å². The summed E-state index contributed by atoms with van der Waals surface area (Å²) < 4.78 is 0. The van der Waals surface area contributed by atoms with Crippen molar-refractivity contribution in [2.75, 3.05) is 0 Å². The number of nitriles is 1. The van der Waals surface area contributed by atoms with E-state index in [2.05, 4.69) is 16.0 Å². The lowest BCUT2D eigenvalue weighted by Crippen LogP contribution is -1.92. The first kappa shape index (κ1) is 15.7. The van der Waals surface area contributed by atoms with E-state index in [1.165, 1.54) is 0 Å². The molecule has 1 aromatic heterocycles. The third kappa shape index (κ3) is 2.83. The number of imidazole rings is 1. The molecule has 0 atom stereocenters. The van der Waals surface area contributed by atoms with E-state index < -0.39 is 0 Å². The number of aromatic amines is 1. The first-order valence-electron chi connectivity index (χ1n) is 8.20. The van der Waals surface area contributed by atoms with Crippen LogP contribution in [0, 0.1) is 11.3 Å². The summed E-state index contributed by atoms with van der Waals surface area (Å²) in [6.07, 6.45) is 0. The number of hydrogen-bond donors (Lipinski definition) is 2. The minimum absolute atomic E-state index is 0.0915. The van der Waals surface area contributed by atoms with Crippen molar-refractivity contribution in [1.29, 1.82) is 5.26 Å². The van der Waals surface area contributed by atoms with Crippen molar-refractivity contribution in [2.24, 2.45) is 0 Å². The summed E-state index contributed by atoms with van der Waals surface area (Å²) in [6.45, 7) is 0. The average Bonchev–Trinajstić information content (AvgIpc) is 3.13. The molecule has 0 fully saturated rings. The van der Waals surface area contributed by atoms with Crippen molar-refractivity contribution in [3.8, 4) is 17.2 Å². The standard InChI is InChI=1S/C22H15N3O/c23-14-18(22-24-19-8-4-5-9-20(19)25-22)21(26)17-12-10-16(11-13-17)15-6-2-1-3-7-15/h1-13,26H,(H,24,25). The summed E-state index contributed by atoms with van der Waals surface area (Å²) in [5, 5.41) is 20.2. The molecule has 0 aliphatic rings. The maximum Gasteiger partial charge on any atom is 0.153 e. The molecule has 0 radical (unpaired) electrons. The lowest BCUT2D eigenvalue weighted by Gasteiger charge is -2.05. The fraction of sp³-hybridized carbons (Fsp3) is 0. The molecule has 4 nitrogen and oxygen atoms in total. The van der Waals surface area contributed by atoms with E-state index in [1.54, 1.807) is 12.1 Å². The predicted octanol–water partition coefficient (Wildman–Crippen LogP) is 5.18. The molecule has 0 amide bonds. The predicted molar refractivity (Wildman–Crippen MR) is 103 cm³/mol. The van der Waals surface area contributed by atoms with Gasteiger partial charge in [0.15, 0.2) is 5.82 Å². The molecule has 2 N–H and O–H groups in total. The van der Waals surface area contributed by atoms with E-state index in [4.69, 9.17) is 0 Å². The molecule has 0 unspecified atom stereocenters. The number of hydrogen-bond acceptors (Lipinski definition) is 3. The second-order valence-corrected chi connectivity index (χ2v) is 5.88. The van der Waals surface area contributed by atoms with Crippen LogP contribution in [0.2, 0.25) is 0 Å². The van der Waals surface area contributed by atoms with Crippen LogP contribution in [0.25, 0.3) is 33.5 Å². The molecule has 0 spiro atoms. The second kappa shape index (κ2) is 6.58. The zero-order chi connectivity index (χ0) is 17.9. The first-order valence-corrected chi connectivity index (χ1v) is 8.20. The molecule has 26 heavy (non-hydrogen) atoms. The van der Waals surface area contributed by atoms with E-state index in [0.29, 0.717) is 11.4 Å². The minimum Gasteiger partial charge on any atom is -0.506 e. The minimum atomic E-state index is -0.0915. The molecule has 1 heterocycles. The van der Waals surface area contributed by atoms with Gasteiger partial charge in [-0.3, -0.25) is 0 Å². The van der Waals surface area contributed by atoms with Gasteiger partial charge in [-0.2, -0.15) is 5.26 Å². The highest BCUT2D eigenvalue weighted by Gasteiger charge is 2.14. The van der Waals surface area contributed by atoms with Gasteiger partial charge in [0.25, 0.3) is 0 Å². The van der Waals surface area contributed by atoms with Crippen LogP contribution in [0.3, 0.4) is 0 Å². The van der Waals surface area contributed by atoms with Crippen molar-refractivity contribution in [2.45, 2.75) is 0 Å². The van der Waals surface area contributed by atoms with E-state index in [-0.39, 0.29) is 11.3 Å². The molecular formula is C22H15N3O. The molecule has 0 bridgehead atoms. The van der Waals surface area contributed by atoms with Crippen LogP contribution in [0.4, 0.5) is 0 Å². The zero-order valence-corrected chi connectivity index (χ0v) is 13.8. The first-order chi connectivity index (χ1) is 12.8. The Labute approximate surface area is 150 Å². The Balaban J connectivity index is 1.74. The van der Waals surface area contributed by atoms with Gasteiger partial charge in [0.2, 0.25) is 0 Å². The van der Waals surface area contributed by atoms with Gasteiger partial charge in [-0.25, -0.2) is 4.98 Å². The van der Waals surface area contributed by atoms with E-state index in [1.807, 2.05) is 66.7 Å². The Morgan fingerprint density at radius 2 is 1.50 bits per heavy atom. The van der Waals surface area contributed by atoms with E-state index in [9.17, 15) is 10.4 Å². The largest absolute Gasteiger partial charge is 0.506 e. The van der Waals surface area contributed by atoms with Gasteiger partial charge in [0.1, 0.15) is 17.4 Å². The lowest BCUT2D eigenvalue weighted by molar-refractivity contribution is 0.514. The van der Waals surface area contributed by atoms with Crippen molar-refractivity contribution < 1.29 is 5.11 Å². The quantitative estimate of drug-likeness (QED) is 0.399. The molecule has 4 aromatic rings. The highest BCUT2D eigenvalue weighted by Crippen LogP contribution is 2.26. The molecule has 0 saturated carbocycles. The fourth-order valence-electron chi connectivity index (χ4n) is 2.88. The van der Waals surface area contributed by atoms with Crippen molar-refractivity contribution in [3.05, 3.63) is 90.3 Å². The third-order valence-corrected chi connectivity index (χ3v) is 4.24. The van der Waals surface area contributed by atoms with Crippen molar-refractivity contribution in [1.82, 2.24) is 9.97 Å². The number of rotatable bonds is 3. The number of H-pyrrole nitrogens is 1. The van der Waals surface area contributed by atoms with Crippen molar-refractivity contribution in [3.63, 3.8) is 0 Å². The monoisotopic (exact) mass is 337 g/mol. The van der Waals surface area contributed by atoms with Crippen LogP contribution in [-0.2, 0) is 0 Å². The van der Waals surface area contributed by atoms with Crippen LogP contribution in [0.5, 0.6) is 0 Å². The smallest absolute Gasteiger partial charge is 0.153 e. The molecule has 0 aliphatic carbocycles. The number of nitrogens with zero attached hydrogens (tertiary/aromatic N) is 2. The van der Waals surface area contributed by atoms with Crippen molar-refractivity contribution >= 4 is 22.4 Å². The Kier molecular flexibility index (Phi) is 3.97. The number of fused-ring (bicyclic) bond motifs is 1. The fourth-order valence-corrected chi connectivity index (χ4v) is 2.88. The van der Waals surface area contributed by atoms with Gasteiger partial charge < -0.3 is 10.1 Å². The molecule has 3 aromatic carbocycles. The topological polar surface area (TPSA) is 72.7 Å². The summed E-state index contributed by atoms with van der Waals surface area (Å²) in [5.41, 5.74) is 4.41. The Hall–Kier alpha value is -3.84. The third-order valence-electron chi connectivity index (χ3n) is 4.24. The zero-order valence-electron chi connectivity index (χ0n) is 13.8. The highest BCUT2D eigenvalue weighted by atomic mass is 16.3. The van der Waals surface area contributed by atoms with Gasteiger partial charge in [0.05, 0.1) is 11.0 Å². The summed E-state index contributed by atoms with van der Waals surface area (Å²) in [4.78, 5) is 7.48. The van der Waals surface area contributed by atoms with Gasteiger partial charge in [-0.15, -0.1) is 0 Å². The average molecular weight is 337 g/mol. The van der Waals surface area contributed by atoms with Gasteiger partial charge in [0, 0.05) is 5.56 Å². The number of para-hydroxylation sites is 2. The summed E-state index contributed by atoms with van der Waals surface area (Å²) in [7, 11) is 0. The summed E-state index contributed by atoms with van der Waals surface area (Å²) in [6, 6.07) is 27.0. The maximum absolute atomic E-state index is 10.6. The second-order valence-electron chi connectivity index (χ2n) is 5.88.